The highest BCUT2D eigenvalue weighted by Gasteiger charge is 2.22. The van der Waals surface area contributed by atoms with E-state index < -0.39 is 0 Å². The number of halogens is 1. The van der Waals surface area contributed by atoms with Gasteiger partial charge in [-0.2, -0.15) is 15.0 Å². The van der Waals surface area contributed by atoms with Crippen molar-refractivity contribution in [2.45, 2.75) is 19.8 Å². The second-order valence-electron chi connectivity index (χ2n) is 4.53. The second-order valence-corrected chi connectivity index (χ2v) is 4.87. The number of methoxy groups -OCH3 is 1. The van der Waals surface area contributed by atoms with Gasteiger partial charge in [-0.25, -0.2) is 0 Å². The van der Waals surface area contributed by atoms with Gasteiger partial charge in [-0.15, -0.1) is 0 Å². The fourth-order valence-electron chi connectivity index (χ4n) is 2.28. The molecule has 0 spiro atoms. The van der Waals surface area contributed by atoms with Crippen LogP contribution in [0.25, 0.3) is 0 Å². The highest BCUT2D eigenvalue weighted by atomic mass is 35.5. The van der Waals surface area contributed by atoms with Crippen LogP contribution < -0.4 is 9.64 Å². The average Bonchev–Trinajstić information content (AvgIpc) is 2.39. The summed E-state index contributed by atoms with van der Waals surface area (Å²) in [5.41, 5.74) is 0. The average molecular weight is 287 g/mol. The number of hydrogen-bond acceptors (Lipinski definition) is 6. The molecular weight excluding hydrogens is 268 g/mol. The normalized spacial score (nSPS) is 19.5. The Labute approximate surface area is 118 Å². The van der Waals surface area contributed by atoms with Crippen molar-refractivity contribution < 1.29 is 9.47 Å². The minimum atomic E-state index is 0.169. The molecule has 2 heterocycles. The Morgan fingerprint density at radius 2 is 2.21 bits per heavy atom. The van der Waals surface area contributed by atoms with E-state index in [1.165, 1.54) is 6.42 Å². The first kappa shape index (κ1) is 14.3. The van der Waals surface area contributed by atoms with Crippen LogP contribution in [0.5, 0.6) is 6.01 Å². The predicted octanol–water partition coefficient (Wildman–Crippen LogP) is 1.79. The van der Waals surface area contributed by atoms with Crippen molar-refractivity contribution in [3.05, 3.63) is 5.28 Å². The van der Waals surface area contributed by atoms with E-state index in [0.29, 0.717) is 18.5 Å². The Kier molecular flexibility index (Phi) is 5.15. The van der Waals surface area contributed by atoms with Gasteiger partial charge >= 0.3 is 6.01 Å². The van der Waals surface area contributed by atoms with Crippen molar-refractivity contribution in [2.75, 3.05) is 38.3 Å². The van der Waals surface area contributed by atoms with Crippen molar-refractivity contribution in [1.82, 2.24) is 15.0 Å². The van der Waals surface area contributed by atoms with Crippen LogP contribution in [0.3, 0.4) is 0 Å². The molecule has 6 nitrogen and oxygen atoms in total. The summed E-state index contributed by atoms with van der Waals surface area (Å²) in [6, 6.07) is 0.284. The van der Waals surface area contributed by atoms with Crippen LogP contribution >= 0.6 is 11.6 Å². The molecule has 106 valence electrons. The van der Waals surface area contributed by atoms with Gasteiger partial charge in [-0.3, -0.25) is 0 Å². The van der Waals surface area contributed by atoms with Gasteiger partial charge in [0.2, 0.25) is 11.2 Å². The molecule has 2 rings (SSSR count). The first-order valence-corrected chi connectivity index (χ1v) is 6.89. The molecule has 1 fully saturated rings. The van der Waals surface area contributed by atoms with Gasteiger partial charge in [-0.1, -0.05) is 0 Å². The van der Waals surface area contributed by atoms with Crippen LogP contribution in [0.1, 0.15) is 19.8 Å². The van der Waals surface area contributed by atoms with Crippen LogP contribution in [-0.4, -0.2) is 48.4 Å². The van der Waals surface area contributed by atoms with E-state index in [-0.39, 0.29) is 11.3 Å². The Hall–Kier alpha value is -1.14. The van der Waals surface area contributed by atoms with Crippen molar-refractivity contribution in [3.63, 3.8) is 0 Å². The molecule has 1 saturated heterocycles. The second kappa shape index (κ2) is 6.86. The zero-order valence-electron chi connectivity index (χ0n) is 11.3. The highest BCUT2D eigenvalue weighted by Crippen LogP contribution is 2.22. The molecule has 1 aromatic heterocycles. The lowest BCUT2D eigenvalue weighted by atomic mass is 9.99. The number of rotatable bonds is 5. The maximum atomic E-state index is 5.91. The molecule has 0 saturated carbocycles. The topological polar surface area (TPSA) is 60.4 Å². The summed E-state index contributed by atoms with van der Waals surface area (Å²) < 4.78 is 10.5. The molecule has 0 radical (unpaired) electrons. The third kappa shape index (κ3) is 3.91. The molecule has 1 unspecified atom stereocenters. The van der Waals surface area contributed by atoms with Crippen molar-refractivity contribution in [1.29, 1.82) is 0 Å². The fraction of sp³-hybridized carbons (Fsp3) is 0.750. The quantitative estimate of drug-likeness (QED) is 0.822. The van der Waals surface area contributed by atoms with Crippen molar-refractivity contribution in [3.8, 4) is 6.01 Å². The predicted molar refractivity (Wildman–Crippen MR) is 72.8 cm³/mol. The molecule has 1 aromatic rings. The zero-order valence-corrected chi connectivity index (χ0v) is 12.1. The Morgan fingerprint density at radius 1 is 1.37 bits per heavy atom. The molecule has 0 aromatic carbocycles. The van der Waals surface area contributed by atoms with E-state index in [1.807, 2.05) is 6.92 Å². The minimum absolute atomic E-state index is 0.169. The molecule has 1 aliphatic rings. The van der Waals surface area contributed by atoms with E-state index in [2.05, 4.69) is 19.9 Å². The lowest BCUT2D eigenvalue weighted by Gasteiger charge is -2.32. The Balaban J connectivity index is 2.11. The van der Waals surface area contributed by atoms with Gasteiger partial charge in [0.15, 0.2) is 0 Å². The SMILES string of the molecule is CCOc1nc(Cl)nc(N2CCCC(COC)C2)n1. The first-order valence-electron chi connectivity index (χ1n) is 6.51. The van der Waals surface area contributed by atoms with Crippen LogP contribution in [0.2, 0.25) is 5.28 Å². The summed E-state index contributed by atoms with van der Waals surface area (Å²) in [6.45, 7) is 4.94. The van der Waals surface area contributed by atoms with Crippen molar-refractivity contribution in [2.24, 2.45) is 5.92 Å². The molecule has 0 N–H and O–H groups in total. The summed E-state index contributed by atoms with van der Waals surface area (Å²) in [6.07, 6.45) is 2.27. The lowest BCUT2D eigenvalue weighted by Crippen LogP contribution is -2.38. The van der Waals surface area contributed by atoms with Gasteiger partial charge in [0.25, 0.3) is 0 Å². The number of anilines is 1. The van der Waals surface area contributed by atoms with E-state index in [0.717, 1.165) is 26.1 Å². The van der Waals surface area contributed by atoms with Crippen LogP contribution in [-0.2, 0) is 4.74 Å². The van der Waals surface area contributed by atoms with E-state index in [1.54, 1.807) is 7.11 Å². The summed E-state index contributed by atoms with van der Waals surface area (Å²) >= 11 is 5.91. The number of hydrogen-bond donors (Lipinski definition) is 0. The van der Waals surface area contributed by atoms with Gasteiger partial charge in [0.05, 0.1) is 13.2 Å². The summed E-state index contributed by atoms with van der Waals surface area (Å²) in [5, 5.41) is 0.169. The largest absolute Gasteiger partial charge is 0.464 e. The van der Waals surface area contributed by atoms with Gasteiger partial charge < -0.3 is 14.4 Å². The van der Waals surface area contributed by atoms with E-state index in [4.69, 9.17) is 21.1 Å². The minimum Gasteiger partial charge on any atom is -0.464 e. The molecule has 0 bridgehead atoms. The van der Waals surface area contributed by atoms with Gasteiger partial charge in [0, 0.05) is 20.2 Å². The van der Waals surface area contributed by atoms with Crippen molar-refractivity contribution >= 4 is 17.5 Å². The number of nitrogens with zero attached hydrogens (tertiary/aromatic N) is 4. The molecular formula is C12H19ClN4O2. The summed E-state index contributed by atoms with van der Waals surface area (Å²) in [5.74, 6) is 1.09. The van der Waals surface area contributed by atoms with E-state index in [9.17, 15) is 0 Å². The number of aromatic nitrogens is 3. The lowest BCUT2D eigenvalue weighted by molar-refractivity contribution is 0.143. The fourth-order valence-corrected chi connectivity index (χ4v) is 2.42. The standard InChI is InChI=1S/C12H19ClN4O2/c1-3-19-12-15-10(13)14-11(16-12)17-6-4-5-9(7-17)8-18-2/h9H,3-8H2,1-2H3. The molecule has 19 heavy (non-hydrogen) atoms. The monoisotopic (exact) mass is 286 g/mol. The van der Waals surface area contributed by atoms with E-state index >= 15 is 0 Å². The maximum absolute atomic E-state index is 5.91. The third-order valence-corrected chi connectivity index (χ3v) is 3.22. The molecule has 1 atom stereocenters. The summed E-state index contributed by atoms with van der Waals surface area (Å²) in [4.78, 5) is 14.5. The first-order chi connectivity index (χ1) is 9.22. The molecule has 0 aliphatic carbocycles. The molecule has 1 aliphatic heterocycles. The smallest absolute Gasteiger partial charge is 0.322 e. The number of ether oxygens (including phenoxy) is 2. The van der Waals surface area contributed by atoms with Gasteiger partial charge in [0.1, 0.15) is 0 Å². The van der Waals surface area contributed by atoms with Crippen LogP contribution in [0.15, 0.2) is 0 Å². The van der Waals surface area contributed by atoms with Gasteiger partial charge in [-0.05, 0) is 37.3 Å². The maximum Gasteiger partial charge on any atom is 0.322 e. The third-order valence-electron chi connectivity index (χ3n) is 3.05. The zero-order chi connectivity index (χ0) is 13.7. The Morgan fingerprint density at radius 3 is 2.95 bits per heavy atom. The molecule has 7 heteroatoms. The molecule has 0 amide bonds. The summed E-state index contributed by atoms with van der Waals surface area (Å²) in [7, 11) is 1.73. The highest BCUT2D eigenvalue weighted by molar-refractivity contribution is 6.28. The number of piperidine rings is 1. The Bertz CT molecular complexity index is 417. The van der Waals surface area contributed by atoms with Crippen LogP contribution in [0.4, 0.5) is 5.95 Å². The van der Waals surface area contributed by atoms with Crippen LogP contribution in [0, 0.1) is 5.92 Å².